The quantitative estimate of drug-likeness (QED) is 0.809. The van der Waals surface area contributed by atoms with Crippen LogP contribution in [-0.4, -0.2) is 30.9 Å². The zero-order chi connectivity index (χ0) is 17.4. The molecule has 0 N–H and O–H groups in total. The molecule has 124 valence electrons. The van der Waals surface area contributed by atoms with Gasteiger partial charge < -0.3 is 9.47 Å². The summed E-state index contributed by atoms with van der Waals surface area (Å²) in [6.45, 7) is 1.70. The zero-order valence-corrected chi connectivity index (χ0v) is 13.6. The van der Waals surface area contributed by atoms with Crippen molar-refractivity contribution in [1.82, 2.24) is 4.90 Å². The number of carbonyl (C=O) groups excluding carboxylic acids is 2. The van der Waals surface area contributed by atoms with Gasteiger partial charge in [-0.2, -0.15) is 0 Å². The number of carbonyl (C=O) groups is 2. The molecule has 0 bridgehead atoms. The third-order valence-electron chi connectivity index (χ3n) is 4.04. The molecule has 1 aliphatic heterocycles. The first-order valence-corrected chi connectivity index (χ1v) is 7.34. The summed E-state index contributed by atoms with van der Waals surface area (Å²) in [4.78, 5) is 26.4. The van der Waals surface area contributed by atoms with Crippen molar-refractivity contribution in [2.45, 2.75) is 13.5 Å². The van der Waals surface area contributed by atoms with Crippen molar-refractivity contribution in [2.24, 2.45) is 0 Å². The largest absolute Gasteiger partial charge is 0.493 e. The molecule has 0 radical (unpaired) electrons. The van der Waals surface area contributed by atoms with E-state index in [2.05, 4.69) is 0 Å². The predicted octanol–water partition coefficient (Wildman–Crippen LogP) is 2.95. The number of imide groups is 1. The van der Waals surface area contributed by atoms with Crippen molar-refractivity contribution in [2.75, 3.05) is 14.2 Å². The minimum Gasteiger partial charge on any atom is -0.493 e. The lowest BCUT2D eigenvalue weighted by atomic mass is 10.1. The normalized spacial score (nSPS) is 13.2. The first kappa shape index (κ1) is 16.0. The van der Waals surface area contributed by atoms with Crippen LogP contribution in [0.1, 0.15) is 31.8 Å². The van der Waals surface area contributed by atoms with Crippen molar-refractivity contribution >= 4 is 11.8 Å². The number of hydrogen-bond donors (Lipinski definition) is 0. The van der Waals surface area contributed by atoms with E-state index in [1.807, 2.05) is 0 Å². The van der Waals surface area contributed by atoms with E-state index < -0.39 is 11.8 Å². The molecule has 0 fully saturated rings. The lowest BCUT2D eigenvalue weighted by Gasteiger charge is -2.14. The SMILES string of the molecule is COc1ccc2c(c1OC)C(=O)N(Cc1ccc(F)c(C)c1)C2=O. The number of amides is 2. The third kappa shape index (κ3) is 2.40. The summed E-state index contributed by atoms with van der Waals surface area (Å²) in [5.74, 6) is -0.554. The molecule has 1 aliphatic rings. The van der Waals surface area contributed by atoms with Gasteiger partial charge in [-0.05, 0) is 36.2 Å². The molecule has 0 spiro atoms. The van der Waals surface area contributed by atoms with Gasteiger partial charge in [0.25, 0.3) is 11.8 Å². The summed E-state index contributed by atoms with van der Waals surface area (Å²) in [5.41, 5.74) is 1.61. The van der Waals surface area contributed by atoms with Gasteiger partial charge in [0.05, 0.1) is 31.9 Å². The number of rotatable bonds is 4. The molecule has 3 rings (SSSR count). The zero-order valence-electron chi connectivity index (χ0n) is 13.6. The summed E-state index contributed by atoms with van der Waals surface area (Å²) in [6, 6.07) is 7.65. The van der Waals surface area contributed by atoms with Crippen LogP contribution in [0.2, 0.25) is 0 Å². The standard InChI is InChI=1S/C18H16FNO4/c1-10-8-11(4-6-13(10)19)9-20-17(21)12-5-7-14(23-2)16(24-3)15(12)18(20)22/h4-8H,9H2,1-3H3. The molecule has 0 unspecified atom stereocenters. The van der Waals surface area contributed by atoms with Gasteiger partial charge in [-0.15, -0.1) is 0 Å². The highest BCUT2D eigenvalue weighted by Crippen LogP contribution is 2.38. The highest BCUT2D eigenvalue weighted by atomic mass is 19.1. The third-order valence-corrected chi connectivity index (χ3v) is 4.04. The lowest BCUT2D eigenvalue weighted by molar-refractivity contribution is 0.0641. The van der Waals surface area contributed by atoms with Crippen LogP contribution >= 0.6 is 0 Å². The number of nitrogens with zero attached hydrogens (tertiary/aromatic N) is 1. The monoisotopic (exact) mass is 329 g/mol. The summed E-state index contributed by atoms with van der Waals surface area (Å²) in [5, 5.41) is 0. The highest BCUT2D eigenvalue weighted by Gasteiger charge is 2.39. The van der Waals surface area contributed by atoms with E-state index >= 15 is 0 Å². The van der Waals surface area contributed by atoms with Crippen LogP contribution in [0, 0.1) is 12.7 Å². The maximum absolute atomic E-state index is 13.4. The van der Waals surface area contributed by atoms with E-state index in [1.54, 1.807) is 31.2 Å². The molecule has 24 heavy (non-hydrogen) atoms. The Hall–Kier alpha value is -2.89. The van der Waals surface area contributed by atoms with Gasteiger partial charge in [-0.1, -0.05) is 12.1 Å². The number of ether oxygens (including phenoxy) is 2. The van der Waals surface area contributed by atoms with E-state index in [0.717, 1.165) is 4.90 Å². The van der Waals surface area contributed by atoms with Crippen molar-refractivity contribution in [3.8, 4) is 11.5 Å². The van der Waals surface area contributed by atoms with Gasteiger partial charge in [0.2, 0.25) is 0 Å². The molecular formula is C18H16FNO4. The Morgan fingerprint density at radius 2 is 1.79 bits per heavy atom. The van der Waals surface area contributed by atoms with Crippen LogP contribution in [0.4, 0.5) is 4.39 Å². The molecule has 2 aromatic rings. The second-order valence-corrected chi connectivity index (χ2v) is 5.50. The van der Waals surface area contributed by atoms with E-state index in [1.165, 1.54) is 20.3 Å². The molecule has 2 aromatic carbocycles. The lowest BCUT2D eigenvalue weighted by Crippen LogP contribution is -2.29. The highest BCUT2D eigenvalue weighted by molar-refractivity contribution is 6.22. The van der Waals surface area contributed by atoms with Crippen molar-refractivity contribution in [3.05, 3.63) is 58.4 Å². The van der Waals surface area contributed by atoms with Gasteiger partial charge in [0, 0.05) is 0 Å². The van der Waals surface area contributed by atoms with Gasteiger partial charge in [-0.3, -0.25) is 14.5 Å². The summed E-state index contributed by atoms with van der Waals surface area (Å²) >= 11 is 0. The molecule has 5 nitrogen and oxygen atoms in total. The Labute approximate surface area is 138 Å². The smallest absolute Gasteiger partial charge is 0.265 e. The fourth-order valence-electron chi connectivity index (χ4n) is 2.82. The van der Waals surface area contributed by atoms with Crippen molar-refractivity contribution < 1.29 is 23.5 Å². The second kappa shape index (κ2) is 5.96. The fourth-order valence-corrected chi connectivity index (χ4v) is 2.82. The first-order valence-electron chi connectivity index (χ1n) is 7.34. The van der Waals surface area contributed by atoms with Crippen LogP contribution < -0.4 is 9.47 Å². The van der Waals surface area contributed by atoms with Crippen molar-refractivity contribution in [1.29, 1.82) is 0 Å². The van der Waals surface area contributed by atoms with Gasteiger partial charge in [-0.25, -0.2) is 4.39 Å². The van der Waals surface area contributed by atoms with Crippen LogP contribution in [0.5, 0.6) is 11.5 Å². The molecule has 0 aromatic heterocycles. The minimum absolute atomic E-state index is 0.0684. The molecule has 0 saturated carbocycles. The summed E-state index contributed by atoms with van der Waals surface area (Å²) in [6.07, 6.45) is 0. The molecule has 0 atom stereocenters. The second-order valence-electron chi connectivity index (χ2n) is 5.50. The molecule has 2 amide bonds. The van der Waals surface area contributed by atoms with E-state index in [-0.39, 0.29) is 29.2 Å². The Morgan fingerprint density at radius 3 is 2.42 bits per heavy atom. The maximum Gasteiger partial charge on any atom is 0.265 e. The Morgan fingerprint density at radius 1 is 1.04 bits per heavy atom. The Balaban J connectivity index is 1.99. The number of halogens is 1. The van der Waals surface area contributed by atoms with E-state index in [0.29, 0.717) is 16.9 Å². The van der Waals surface area contributed by atoms with Crippen LogP contribution in [-0.2, 0) is 6.54 Å². The minimum atomic E-state index is -0.451. The average Bonchev–Trinajstić information content (AvgIpc) is 2.82. The van der Waals surface area contributed by atoms with Crippen LogP contribution in [0.15, 0.2) is 30.3 Å². The van der Waals surface area contributed by atoms with Crippen molar-refractivity contribution in [3.63, 3.8) is 0 Å². The van der Waals surface area contributed by atoms with E-state index in [4.69, 9.17) is 9.47 Å². The first-order chi connectivity index (χ1) is 11.5. The molecule has 6 heteroatoms. The number of hydrogen-bond acceptors (Lipinski definition) is 4. The topological polar surface area (TPSA) is 55.8 Å². The maximum atomic E-state index is 13.4. The Kier molecular flexibility index (Phi) is 3.97. The molecule has 1 heterocycles. The molecular weight excluding hydrogens is 313 g/mol. The van der Waals surface area contributed by atoms with Crippen LogP contribution in [0.3, 0.4) is 0 Å². The van der Waals surface area contributed by atoms with Crippen LogP contribution in [0.25, 0.3) is 0 Å². The number of benzene rings is 2. The number of aryl methyl sites for hydroxylation is 1. The number of methoxy groups -OCH3 is 2. The fraction of sp³-hybridized carbons (Fsp3) is 0.222. The molecule has 0 saturated heterocycles. The summed E-state index contributed by atoms with van der Waals surface area (Å²) < 4.78 is 23.8. The van der Waals surface area contributed by atoms with Gasteiger partial charge in [0.15, 0.2) is 11.5 Å². The average molecular weight is 329 g/mol. The summed E-state index contributed by atoms with van der Waals surface area (Å²) in [7, 11) is 2.88. The number of fused-ring (bicyclic) bond motifs is 1. The van der Waals surface area contributed by atoms with E-state index in [9.17, 15) is 14.0 Å². The predicted molar refractivity (Wildman–Crippen MR) is 84.9 cm³/mol. The molecule has 0 aliphatic carbocycles. The Bertz CT molecular complexity index is 847. The van der Waals surface area contributed by atoms with Gasteiger partial charge >= 0.3 is 0 Å². The van der Waals surface area contributed by atoms with Gasteiger partial charge in [0.1, 0.15) is 5.82 Å².